The van der Waals surface area contributed by atoms with Gasteiger partial charge in [-0.15, -0.1) is 0 Å². The molecule has 2 unspecified atom stereocenters. The molecule has 0 bridgehead atoms. The van der Waals surface area contributed by atoms with Crippen LogP contribution in [0.15, 0.2) is 12.2 Å². The summed E-state index contributed by atoms with van der Waals surface area (Å²) < 4.78 is 0. The van der Waals surface area contributed by atoms with E-state index in [1.165, 1.54) is 12.8 Å². The molecule has 0 radical (unpaired) electrons. The van der Waals surface area contributed by atoms with Crippen LogP contribution in [0, 0.1) is 11.8 Å². The zero-order valence-corrected chi connectivity index (χ0v) is 11.1. The van der Waals surface area contributed by atoms with Crippen LogP contribution >= 0.6 is 0 Å². The van der Waals surface area contributed by atoms with Gasteiger partial charge in [-0.3, -0.25) is 4.79 Å². The number of hydrogen-bond acceptors (Lipinski definition) is 2. The maximum atomic E-state index is 12.5. The van der Waals surface area contributed by atoms with Crippen molar-refractivity contribution < 1.29 is 4.79 Å². The molecule has 1 N–H and O–H groups in total. The normalized spacial score (nSPS) is 26.9. The second-order valence-corrected chi connectivity index (χ2v) is 5.88. The molecular formula is C15H25NO. The number of nitrogens with one attached hydrogen (secondary N) is 1. The maximum Gasteiger partial charge on any atom is 0.153 e. The number of rotatable bonds is 5. The van der Waals surface area contributed by atoms with Gasteiger partial charge in [0.15, 0.2) is 5.78 Å². The average Bonchev–Trinajstić information content (AvgIpc) is 2.97. The van der Waals surface area contributed by atoms with Crippen LogP contribution in [0.25, 0.3) is 0 Å². The van der Waals surface area contributed by atoms with Gasteiger partial charge in [0.25, 0.3) is 0 Å². The molecule has 0 aliphatic heterocycles. The highest BCUT2D eigenvalue weighted by Gasteiger charge is 2.32. The van der Waals surface area contributed by atoms with Gasteiger partial charge >= 0.3 is 0 Å². The molecule has 0 spiro atoms. The highest BCUT2D eigenvalue weighted by atomic mass is 16.1. The fourth-order valence-electron chi connectivity index (χ4n) is 3.07. The summed E-state index contributed by atoms with van der Waals surface area (Å²) in [5, 5.41) is 3.56. The Balaban J connectivity index is 1.95. The van der Waals surface area contributed by atoms with Gasteiger partial charge in [0, 0.05) is 12.0 Å². The fraction of sp³-hybridized carbons (Fsp3) is 0.800. The Labute approximate surface area is 105 Å². The molecular weight excluding hydrogens is 210 g/mol. The number of Topliss-reactive ketones (excluding diaryl/α,β-unsaturated/α-hetero) is 1. The van der Waals surface area contributed by atoms with Crippen LogP contribution in [0.4, 0.5) is 0 Å². The predicted molar refractivity (Wildman–Crippen MR) is 70.9 cm³/mol. The summed E-state index contributed by atoms with van der Waals surface area (Å²) in [5.74, 6) is 1.20. The first kappa shape index (κ1) is 12.8. The number of carbonyl (C=O) groups excluding carboxylic acids is 1. The number of hydrogen-bond donors (Lipinski definition) is 1. The zero-order chi connectivity index (χ0) is 12.3. The van der Waals surface area contributed by atoms with E-state index in [1.807, 2.05) is 0 Å². The summed E-state index contributed by atoms with van der Waals surface area (Å²) >= 11 is 0. The first-order valence-corrected chi connectivity index (χ1v) is 7.15. The molecule has 2 heteroatoms. The van der Waals surface area contributed by atoms with Crippen molar-refractivity contribution in [1.29, 1.82) is 0 Å². The molecule has 0 aromatic heterocycles. The molecule has 2 aliphatic carbocycles. The van der Waals surface area contributed by atoms with Crippen LogP contribution in [0.1, 0.15) is 52.4 Å². The Bertz CT molecular complexity index is 289. The minimum absolute atomic E-state index is 0.0610. The van der Waals surface area contributed by atoms with Crippen LogP contribution in [0.5, 0.6) is 0 Å². The third kappa shape index (κ3) is 3.19. The lowest BCUT2D eigenvalue weighted by molar-refractivity contribution is -0.125. The van der Waals surface area contributed by atoms with Gasteiger partial charge < -0.3 is 5.32 Å². The Hall–Kier alpha value is -0.630. The minimum atomic E-state index is 0.0610. The summed E-state index contributed by atoms with van der Waals surface area (Å²) in [4.78, 5) is 12.5. The van der Waals surface area contributed by atoms with Gasteiger partial charge in [-0.25, -0.2) is 0 Å². The summed E-state index contributed by atoms with van der Waals surface area (Å²) in [6.07, 6.45) is 11.5. The molecule has 1 fully saturated rings. The summed E-state index contributed by atoms with van der Waals surface area (Å²) in [5.41, 5.74) is 0. The van der Waals surface area contributed by atoms with Gasteiger partial charge in [0.2, 0.25) is 0 Å². The number of ketones is 1. The molecule has 0 saturated heterocycles. The smallest absolute Gasteiger partial charge is 0.153 e. The standard InChI is InChI=1S/C15H25NO/c1-11(2)14(16-13-9-5-6-10-13)15(17)12-7-3-4-8-12/h5,9,11-14,16H,3-4,6-8,10H2,1-2H3. The van der Waals surface area contributed by atoms with Crippen LogP contribution in [0.3, 0.4) is 0 Å². The van der Waals surface area contributed by atoms with Gasteiger partial charge in [0.1, 0.15) is 0 Å². The third-order valence-electron chi connectivity index (χ3n) is 4.14. The molecule has 2 aliphatic rings. The average molecular weight is 235 g/mol. The molecule has 17 heavy (non-hydrogen) atoms. The predicted octanol–water partition coefficient (Wildman–Crippen LogP) is 3.08. The van der Waals surface area contributed by atoms with Crippen molar-refractivity contribution in [2.75, 3.05) is 0 Å². The van der Waals surface area contributed by atoms with Crippen molar-refractivity contribution in [3.8, 4) is 0 Å². The van der Waals surface area contributed by atoms with Crippen molar-refractivity contribution in [2.24, 2.45) is 11.8 Å². The highest BCUT2D eigenvalue weighted by molar-refractivity contribution is 5.86. The molecule has 2 rings (SSSR count). The van der Waals surface area contributed by atoms with E-state index < -0.39 is 0 Å². The van der Waals surface area contributed by atoms with E-state index in [0.29, 0.717) is 23.7 Å². The van der Waals surface area contributed by atoms with Gasteiger partial charge in [-0.2, -0.15) is 0 Å². The first-order valence-electron chi connectivity index (χ1n) is 7.15. The number of allylic oxidation sites excluding steroid dienone is 1. The monoisotopic (exact) mass is 235 g/mol. The van der Waals surface area contributed by atoms with E-state index in [0.717, 1.165) is 25.7 Å². The molecule has 2 atom stereocenters. The van der Waals surface area contributed by atoms with Crippen LogP contribution in [-0.4, -0.2) is 17.9 Å². The second-order valence-electron chi connectivity index (χ2n) is 5.88. The van der Waals surface area contributed by atoms with Crippen molar-refractivity contribution in [3.63, 3.8) is 0 Å². The molecule has 1 saturated carbocycles. The minimum Gasteiger partial charge on any atom is -0.301 e. The molecule has 0 aromatic rings. The van der Waals surface area contributed by atoms with Crippen LogP contribution in [0.2, 0.25) is 0 Å². The first-order chi connectivity index (χ1) is 8.18. The Kier molecular flexibility index (Phi) is 4.38. The Morgan fingerprint density at radius 3 is 2.47 bits per heavy atom. The van der Waals surface area contributed by atoms with Crippen molar-refractivity contribution in [2.45, 2.75) is 64.5 Å². The lowest BCUT2D eigenvalue weighted by Gasteiger charge is -2.26. The van der Waals surface area contributed by atoms with Crippen molar-refractivity contribution in [3.05, 3.63) is 12.2 Å². The van der Waals surface area contributed by atoms with E-state index in [9.17, 15) is 4.79 Å². The molecule has 96 valence electrons. The summed E-state index contributed by atoms with van der Waals surface area (Å²) in [6, 6.07) is 0.485. The van der Waals surface area contributed by atoms with E-state index in [4.69, 9.17) is 0 Å². The van der Waals surface area contributed by atoms with Crippen LogP contribution in [-0.2, 0) is 4.79 Å². The topological polar surface area (TPSA) is 29.1 Å². The van der Waals surface area contributed by atoms with E-state index in [-0.39, 0.29) is 6.04 Å². The quantitative estimate of drug-likeness (QED) is 0.742. The highest BCUT2D eigenvalue weighted by Crippen LogP contribution is 2.28. The van der Waals surface area contributed by atoms with Crippen LogP contribution < -0.4 is 5.32 Å². The van der Waals surface area contributed by atoms with Crippen molar-refractivity contribution in [1.82, 2.24) is 5.32 Å². The van der Waals surface area contributed by atoms with Gasteiger partial charge in [0.05, 0.1) is 6.04 Å². The molecule has 0 heterocycles. The molecule has 2 nitrogen and oxygen atoms in total. The molecule has 0 amide bonds. The fourth-order valence-corrected chi connectivity index (χ4v) is 3.07. The SMILES string of the molecule is CC(C)C(NC1C=CCC1)C(=O)C1CCCC1. The lowest BCUT2D eigenvalue weighted by atomic mass is 9.89. The second kappa shape index (κ2) is 5.81. The Morgan fingerprint density at radius 2 is 1.94 bits per heavy atom. The summed E-state index contributed by atoms with van der Waals surface area (Å²) in [7, 11) is 0. The van der Waals surface area contributed by atoms with Crippen molar-refractivity contribution >= 4 is 5.78 Å². The number of carbonyl (C=O) groups is 1. The van der Waals surface area contributed by atoms with E-state index in [2.05, 4.69) is 31.3 Å². The van der Waals surface area contributed by atoms with E-state index in [1.54, 1.807) is 0 Å². The lowest BCUT2D eigenvalue weighted by Crippen LogP contribution is -2.47. The zero-order valence-electron chi connectivity index (χ0n) is 11.1. The van der Waals surface area contributed by atoms with E-state index >= 15 is 0 Å². The van der Waals surface area contributed by atoms with Gasteiger partial charge in [-0.1, -0.05) is 38.8 Å². The van der Waals surface area contributed by atoms with Gasteiger partial charge in [-0.05, 0) is 31.6 Å². The largest absolute Gasteiger partial charge is 0.301 e. The molecule has 0 aromatic carbocycles. The Morgan fingerprint density at radius 1 is 1.24 bits per heavy atom. The third-order valence-corrected chi connectivity index (χ3v) is 4.14. The maximum absolute atomic E-state index is 12.5. The summed E-state index contributed by atoms with van der Waals surface area (Å²) in [6.45, 7) is 4.31.